The number of fused-ring (bicyclic) bond motifs is 1. The zero-order valence-corrected chi connectivity index (χ0v) is 13.7. The van der Waals surface area contributed by atoms with E-state index in [4.69, 9.17) is 4.74 Å². The second kappa shape index (κ2) is 6.48. The summed E-state index contributed by atoms with van der Waals surface area (Å²) in [7, 11) is 0. The highest BCUT2D eigenvalue weighted by Gasteiger charge is 2.21. The average molecular weight is 308 g/mol. The fourth-order valence-corrected chi connectivity index (χ4v) is 2.44. The molecule has 1 aliphatic heterocycles. The molecule has 1 amide bonds. The summed E-state index contributed by atoms with van der Waals surface area (Å²) < 4.78 is 5.19. The molecule has 22 heavy (non-hydrogen) atoms. The molecule has 0 radical (unpaired) electrons. The number of aromatic nitrogens is 2. The third kappa shape index (κ3) is 4.56. The number of amides is 1. The number of aryl methyl sites for hydroxylation is 1. The average Bonchev–Trinajstić information content (AvgIpc) is 2.35. The summed E-state index contributed by atoms with van der Waals surface area (Å²) in [5, 5.41) is 2.74. The minimum absolute atomic E-state index is 0.0333. The van der Waals surface area contributed by atoms with Crippen molar-refractivity contribution in [1.82, 2.24) is 20.2 Å². The monoisotopic (exact) mass is 308 g/mol. The van der Waals surface area contributed by atoms with Crippen LogP contribution in [0.4, 0.5) is 4.79 Å². The number of ether oxygens (including phenoxy) is 1. The number of H-pyrrole nitrogens is 1. The van der Waals surface area contributed by atoms with Gasteiger partial charge in [0.25, 0.3) is 5.56 Å². The Kier molecular flexibility index (Phi) is 4.85. The first-order valence-electron chi connectivity index (χ1n) is 7.52. The summed E-state index contributed by atoms with van der Waals surface area (Å²) in [6.07, 6.45) is 0.278. The molecule has 7 nitrogen and oxygen atoms in total. The second-order valence-electron chi connectivity index (χ2n) is 6.53. The molecule has 7 heteroatoms. The normalized spacial score (nSPS) is 15.3. The van der Waals surface area contributed by atoms with E-state index in [1.165, 1.54) is 0 Å². The van der Waals surface area contributed by atoms with Crippen molar-refractivity contribution in [2.24, 2.45) is 0 Å². The molecule has 0 atom stereocenters. The lowest BCUT2D eigenvalue weighted by atomic mass is 10.1. The van der Waals surface area contributed by atoms with E-state index in [1.54, 1.807) is 6.92 Å². The van der Waals surface area contributed by atoms with Crippen molar-refractivity contribution >= 4 is 6.09 Å². The largest absolute Gasteiger partial charge is 0.444 e. The van der Waals surface area contributed by atoms with Crippen molar-refractivity contribution in [1.29, 1.82) is 0 Å². The zero-order valence-electron chi connectivity index (χ0n) is 13.7. The summed E-state index contributed by atoms with van der Waals surface area (Å²) >= 11 is 0. The molecular weight excluding hydrogens is 284 g/mol. The quantitative estimate of drug-likeness (QED) is 0.868. The van der Waals surface area contributed by atoms with Gasteiger partial charge in [-0.05, 0) is 34.1 Å². The van der Waals surface area contributed by atoms with Crippen molar-refractivity contribution in [2.75, 3.05) is 19.6 Å². The van der Waals surface area contributed by atoms with Gasteiger partial charge in [0.05, 0.1) is 5.69 Å². The molecule has 0 spiro atoms. The van der Waals surface area contributed by atoms with E-state index in [0.717, 1.165) is 17.8 Å². The van der Waals surface area contributed by atoms with Gasteiger partial charge in [-0.1, -0.05) is 0 Å². The number of hydrogen-bond donors (Lipinski definition) is 2. The van der Waals surface area contributed by atoms with Crippen molar-refractivity contribution < 1.29 is 9.53 Å². The lowest BCUT2D eigenvalue weighted by Gasteiger charge is -2.27. The van der Waals surface area contributed by atoms with Crippen LogP contribution in [0.1, 0.15) is 37.9 Å². The van der Waals surface area contributed by atoms with Crippen LogP contribution >= 0.6 is 0 Å². The van der Waals surface area contributed by atoms with E-state index in [2.05, 4.69) is 20.2 Å². The third-order valence-electron chi connectivity index (χ3n) is 3.37. The van der Waals surface area contributed by atoms with Crippen LogP contribution in [-0.2, 0) is 17.7 Å². The predicted molar refractivity (Wildman–Crippen MR) is 82.8 cm³/mol. The first-order chi connectivity index (χ1) is 10.2. The Labute approximate surface area is 130 Å². The van der Waals surface area contributed by atoms with Gasteiger partial charge in [-0.2, -0.15) is 0 Å². The third-order valence-corrected chi connectivity index (χ3v) is 3.37. The Morgan fingerprint density at radius 2 is 2.18 bits per heavy atom. The number of alkyl carbamates (subject to hydrolysis) is 1. The molecule has 1 aliphatic rings. The number of carbonyl (C=O) groups is 1. The maximum atomic E-state index is 11.8. The number of rotatable bonds is 3. The molecule has 0 bridgehead atoms. The molecule has 0 fully saturated rings. The molecule has 0 saturated carbocycles. The molecule has 1 aromatic rings. The van der Waals surface area contributed by atoms with Gasteiger partial charge in [-0.3, -0.25) is 9.69 Å². The Hall–Kier alpha value is -1.89. The number of carbonyl (C=O) groups excluding carboxylic acids is 1. The fraction of sp³-hybridized carbons (Fsp3) is 0.667. The first kappa shape index (κ1) is 16.5. The number of nitrogens with one attached hydrogen (secondary N) is 2. The highest BCUT2D eigenvalue weighted by atomic mass is 16.6. The zero-order chi connectivity index (χ0) is 16.3. The van der Waals surface area contributed by atoms with Crippen LogP contribution < -0.4 is 10.9 Å². The summed E-state index contributed by atoms with van der Waals surface area (Å²) in [5.41, 5.74) is 1.09. The lowest BCUT2D eigenvalue weighted by Crippen LogP contribution is -2.41. The van der Waals surface area contributed by atoms with Crippen molar-refractivity contribution in [2.45, 2.75) is 46.3 Å². The van der Waals surface area contributed by atoms with Crippen LogP contribution in [0.3, 0.4) is 0 Å². The van der Waals surface area contributed by atoms with E-state index >= 15 is 0 Å². The molecule has 0 aliphatic carbocycles. The summed E-state index contributed by atoms with van der Waals surface area (Å²) in [5.74, 6) is 0.637. The molecule has 2 heterocycles. The van der Waals surface area contributed by atoms with Crippen LogP contribution in [0.2, 0.25) is 0 Å². The highest BCUT2D eigenvalue weighted by Crippen LogP contribution is 2.13. The Morgan fingerprint density at radius 3 is 2.86 bits per heavy atom. The Bertz CT molecular complexity index is 604. The van der Waals surface area contributed by atoms with Gasteiger partial charge in [0, 0.05) is 31.7 Å². The molecule has 0 aromatic carbocycles. The molecule has 1 aromatic heterocycles. The number of hydrogen-bond acceptors (Lipinski definition) is 5. The smallest absolute Gasteiger partial charge is 0.407 e. The van der Waals surface area contributed by atoms with Crippen molar-refractivity contribution in [3.05, 3.63) is 27.4 Å². The minimum Gasteiger partial charge on any atom is -0.444 e. The van der Waals surface area contributed by atoms with Crippen molar-refractivity contribution in [3.63, 3.8) is 0 Å². The van der Waals surface area contributed by atoms with Crippen LogP contribution in [0.25, 0.3) is 0 Å². The second-order valence-corrected chi connectivity index (χ2v) is 6.53. The van der Waals surface area contributed by atoms with E-state index in [9.17, 15) is 9.59 Å². The van der Waals surface area contributed by atoms with E-state index in [1.807, 2.05) is 20.8 Å². The Morgan fingerprint density at radius 1 is 1.45 bits per heavy atom. The van der Waals surface area contributed by atoms with Crippen molar-refractivity contribution in [3.8, 4) is 0 Å². The maximum Gasteiger partial charge on any atom is 0.407 e. The number of nitrogens with zero attached hydrogens (tertiary/aromatic N) is 2. The maximum absolute atomic E-state index is 11.8. The van der Waals surface area contributed by atoms with Gasteiger partial charge in [-0.25, -0.2) is 9.78 Å². The molecule has 2 rings (SSSR count). The summed E-state index contributed by atoms with van der Waals surface area (Å²) in [6, 6.07) is 0. The molecule has 0 unspecified atom stereocenters. The fourth-order valence-electron chi connectivity index (χ4n) is 2.44. The SMILES string of the molecule is Cc1nc2c(c(=O)[nH]1)CCN(CCNC(=O)OC(C)(C)C)C2. The van der Waals surface area contributed by atoms with Crippen LogP contribution in [0, 0.1) is 6.92 Å². The van der Waals surface area contributed by atoms with Gasteiger partial charge in [0.1, 0.15) is 11.4 Å². The minimum atomic E-state index is -0.489. The van der Waals surface area contributed by atoms with Gasteiger partial charge in [-0.15, -0.1) is 0 Å². The topological polar surface area (TPSA) is 87.3 Å². The summed E-state index contributed by atoms with van der Waals surface area (Å²) in [4.78, 5) is 32.7. The van der Waals surface area contributed by atoms with Gasteiger partial charge >= 0.3 is 6.09 Å². The van der Waals surface area contributed by atoms with E-state index in [0.29, 0.717) is 31.9 Å². The van der Waals surface area contributed by atoms with E-state index < -0.39 is 11.7 Å². The van der Waals surface area contributed by atoms with Gasteiger partial charge in [0.2, 0.25) is 0 Å². The number of aromatic amines is 1. The predicted octanol–water partition coefficient (Wildman–Crippen LogP) is 0.961. The van der Waals surface area contributed by atoms with Crippen LogP contribution in [0.5, 0.6) is 0 Å². The standard InChI is InChI=1S/C15H24N4O3/c1-10-17-12-9-19(7-5-11(12)13(20)18-10)8-6-16-14(21)22-15(2,3)4/h5-9H2,1-4H3,(H,16,21)(H,17,18,20). The molecule has 2 N–H and O–H groups in total. The molecule has 0 saturated heterocycles. The Balaban J connectivity index is 1.84. The highest BCUT2D eigenvalue weighted by molar-refractivity contribution is 5.67. The molecule has 122 valence electrons. The lowest BCUT2D eigenvalue weighted by molar-refractivity contribution is 0.0521. The first-order valence-corrected chi connectivity index (χ1v) is 7.52. The van der Waals surface area contributed by atoms with Crippen LogP contribution in [-0.4, -0.2) is 46.2 Å². The van der Waals surface area contributed by atoms with Gasteiger partial charge in [0.15, 0.2) is 0 Å². The molecular formula is C15H24N4O3. The van der Waals surface area contributed by atoms with Gasteiger partial charge < -0.3 is 15.0 Å². The van der Waals surface area contributed by atoms with E-state index in [-0.39, 0.29) is 5.56 Å². The van der Waals surface area contributed by atoms with Crippen LogP contribution in [0.15, 0.2) is 4.79 Å². The summed E-state index contributed by atoms with van der Waals surface area (Å²) in [6.45, 7) is 9.91.